The summed E-state index contributed by atoms with van der Waals surface area (Å²) >= 11 is 0. The molecule has 0 saturated carbocycles. The third-order valence-corrected chi connectivity index (χ3v) is 3.51. The number of nitrogen functional groups attached to an aromatic ring is 1. The fraction of sp³-hybridized carbons (Fsp3) is 0.643. The summed E-state index contributed by atoms with van der Waals surface area (Å²) in [4.78, 5) is 14.9. The molecule has 7 nitrogen and oxygen atoms in total. The number of rotatable bonds is 9. The summed E-state index contributed by atoms with van der Waals surface area (Å²) in [6.07, 6.45) is 4.30. The zero-order chi connectivity index (χ0) is 15.1. The van der Waals surface area contributed by atoms with Crippen molar-refractivity contribution in [1.29, 1.82) is 0 Å². The number of nitrogens with two attached hydrogens (primary N) is 1. The number of aryl methyl sites for hydroxylation is 1. The number of likely N-dealkylation sites (N-methyl/N-ethyl adjacent to an activating group) is 1. The van der Waals surface area contributed by atoms with E-state index < -0.39 is 0 Å². The highest BCUT2D eigenvalue weighted by atomic mass is 16.5. The van der Waals surface area contributed by atoms with E-state index in [9.17, 15) is 0 Å². The molecule has 7 heteroatoms. The Kier molecular flexibility index (Phi) is 5.89. The Morgan fingerprint density at radius 1 is 1.24 bits per heavy atom. The van der Waals surface area contributed by atoms with E-state index in [0.29, 0.717) is 11.3 Å². The maximum absolute atomic E-state index is 5.79. The molecule has 2 N–H and O–H groups in total. The van der Waals surface area contributed by atoms with Gasteiger partial charge in [0.15, 0.2) is 11.5 Å². The monoisotopic (exact) mass is 292 g/mol. The van der Waals surface area contributed by atoms with E-state index >= 15 is 0 Å². The van der Waals surface area contributed by atoms with Crippen LogP contribution in [0.25, 0.3) is 11.2 Å². The Morgan fingerprint density at radius 2 is 2.10 bits per heavy atom. The van der Waals surface area contributed by atoms with Crippen LogP contribution in [0.3, 0.4) is 0 Å². The Balaban J connectivity index is 1.85. The zero-order valence-corrected chi connectivity index (χ0v) is 12.8. The first-order valence-electron chi connectivity index (χ1n) is 7.47. The second-order valence-corrected chi connectivity index (χ2v) is 4.85. The van der Waals surface area contributed by atoms with E-state index in [1.807, 2.05) is 11.5 Å². The lowest BCUT2D eigenvalue weighted by molar-refractivity contribution is 0.114. The molecule has 0 radical (unpaired) electrons. The minimum Gasteiger partial charge on any atom is -0.382 e. The molecule has 2 rings (SSSR count). The lowest BCUT2D eigenvalue weighted by atomic mass is 10.3. The molecule has 0 aromatic carbocycles. The Morgan fingerprint density at radius 3 is 2.86 bits per heavy atom. The molecule has 116 valence electrons. The van der Waals surface area contributed by atoms with Gasteiger partial charge in [-0.3, -0.25) is 0 Å². The molecule has 0 spiro atoms. The maximum atomic E-state index is 5.79. The van der Waals surface area contributed by atoms with E-state index in [1.54, 1.807) is 6.33 Å². The smallest absolute Gasteiger partial charge is 0.165 e. The molecule has 0 amide bonds. The topological polar surface area (TPSA) is 82.1 Å². The normalized spacial score (nSPS) is 11.6. The summed E-state index contributed by atoms with van der Waals surface area (Å²) in [6.45, 7) is 9.68. The molecule has 21 heavy (non-hydrogen) atoms. The molecule has 0 saturated heterocycles. The van der Waals surface area contributed by atoms with Crippen LogP contribution in [0.5, 0.6) is 0 Å². The van der Waals surface area contributed by atoms with Crippen LogP contribution in [0.2, 0.25) is 0 Å². The average molecular weight is 292 g/mol. The van der Waals surface area contributed by atoms with Crippen molar-refractivity contribution in [2.24, 2.45) is 0 Å². The van der Waals surface area contributed by atoms with Gasteiger partial charge in [-0.15, -0.1) is 0 Å². The number of hydrogen-bond donors (Lipinski definition) is 1. The molecule has 0 aliphatic carbocycles. The predicted molar refractivity (Wildman–Crippen MR) is 83.0 cm³/mol. The fourth-order valence-corrected chi connectivity index (χ4v) is 2.29. The number of fused-ring (bicyclic) bond motifs is 1. The number of ether oxygens (including phenoxy) is 1. The van der Waals surface area contributed by atoms with Crippen molar-refractivity contribution in [3.05, 3.63) is 12.7 Å². The second kappa shape index (κ2) is 7.90. The van der Waals surface area contributed by atoms with E-state index in [-0.39, 0.29) is 0 Å². The highest BCUT2D eigenvalue weighted by Crippen LogP contribution is 2.14. The van der Waals surface area contributed by atoms with Crippen LogP contribution < -0.4 is 5.73 Å². The molecule has 2 aromatic rings. The summed E-state index contributed by atoms with van der Waals surface area (Å²) in [7, 11) is 0. The van der Waals surface area contributed by atoms with Gasteiger partial charge in [0.1, 0.15) is 11.8 Å². The molecular weight excluding hydrogens is 268 g/mol. The van der Waals surface area contributed by atoms with Crippen LogP contribution in [-0.4, -0.2) is 57.3 Å². The van der Waals surface area contributed by atoms with E-state index in [1.165, 1.54) is 6.33 Å². The molecule has 0 aliphatic heterocycles. The molecule has 0 bridgehead atoms. The predicted octanol–water partition coefficient (Wildman–Crippen LogP) is 1.16. The van der Waals surface area contributed by atoms with Gasteiger partial charge in [0.2, 0.25) is 0 Å². The minimum atomic E-state index is 0.436. The molecule has 2 aromatic heterocycles. The lowest BCUT2D eigenvalue weighted by Crippen LogP contribution is -2.29. The van der Waals surface area contributed by atoms with Crippen LogP contribution in [0, 0.1) is 0 Å². The van der Waals surface area contributed by atoms with Crippen molar-refractivity contribution in [3.8, 4) is 0 Å². The third-order valence-electron chi connectivity index (χ3n) is 3.51. The standard InChI is InChI=1S/C14H24N6O/c1-3-19(8-9-21-4-2)6-5-7-20-11-18-12-13(15)16-10-17-14(12)20/h10-11H,3-9H2,1-2H3,(H2,15,16,17). The lowest BCUT2D eigenvalue weighted by Gasteiger charge is -2.20. The maximum Gasteiger partial charge on any atom is 0.165 e. The van der Waals surface area contributed by atoms with E-state index in [4.69, 9.17) is 10.5 Å². The van der Waals surface area contributed by atoms with Crippen molar-refractivity contribution >= 4 is 17.0 Å². The van der Waals surface area contributed by atoms with Gasteiger partial charge in [0, 0.05) is 19.7 Å². The van der Waals surface area contributed by atoms with Crippen LogP contribution >= 0.6 is 0 Å². The molecule has 0 fully saturated rings. The van der Waals surface area contributed by atoms with Crippen LogP contribution in [0.15, 0.2) is 12.7 Å². The van der Waals surface area contributed by atoms with Gasteiger partial charge in [0.05, 0.1) is 12.9 Å². The van der Waals surface area contributed by atoms with Gasteiger partial charge < -0.3 is 19.9 Å². The SMILES string of the molecule is CCOCCN(CC)CCCn1cnc2c(N)ncnc21. The number of hydrogen-bond acceptors (Lipinski definition) is 6. The first kappa shape index (κ1) is 15.7. The van der Waals surface area contributed by atoms with Gasteiger partial charge >= 0.3 is 0 Å². The van der Waals surface area contributed by atoms with Crippen LogP contribution in [0.4, 0.5) is 5.82 Å². The molecule has 0 aliphatic rings. The van der Waals surface area contributed by atoms with Gasteiger partial charge in [0.25, 0.3) is 0 Å². The number of anilines is 1. The second-order valence-electron chi connectivity index (χ2n) is 4.85. The largest absolute Gasteiger partial charge is 0.382 e. The Labute approximate surface area is 125 Å². The van der Waals surface area contributed by atoms with Crippen molar-refractivity contribution in [2.45, 2.75) is 26.8 Å². The van der Waals surface area contributed by atoms with Crippen molar-refractivity contribution in [1.82, 2.24) is 24.4 Å². The first-order valence-corrected chi connectivity index (χ1v) is 7.47. The number of nitrogens with zero attached hydrogens (tertiary/aromatic N) is 5. The highest BCUT2D eigenvalue weighted by molar-refractivity contribution is 5.80. The number of aromatic nitrogens is 4. The minimum absolute atomic E-state index is 0.436. The molecule has 2 heterocycles. The Bertz CT molecular complexity index is 555. The zero-order valence-electron chi connectivity index (χ0n) is 12.8. The molecular formula is C14H24N6O. The van der Waals surface area contributed by atoms with Crippen LogP contribution in [0.1, 0.15) is 20.3 Å². The third kappa shape index (κ3) is 4.12. The summed E-state index contributed by atoms with van der Waals surface area (Å²) in [6, 6.07) is 0. The average Bonchev–Trinajstić information content (AvgIpc) is 2.90. The number of imidazole rings is 1. The van der Waals surface area contributed by atoms with E-state index in [2.05, 4.69) is 26.8 Å². The van der Waals surface area contributed by atoms with Crippen molar-refractivity contribution < 1.29 is 4.74 Å². The Hall–Kier alpha value is -1.73. The van der Waals surface area contributed by atoms with Gasteiger partial charge in [-0.2, -0.15) is 0 Å². The van der Waals surface area contributed by atoms with Gasteiger partial charge in [-0.1, -0.05) is 6.92 Å². The molecule has 0 atom stereocenters. The summed E-state index contributed by atoms with van der Waals surface area (Å²) < 4.78 is 7.43. The van der Waals surface area contributed by atoms with Gasteiger partial charge in [-0.05, 0) is 26.4 Å². The van der Waals surface area contributed by atoms with Crippen molar-refractivity contribution in [3.63, 3.8) is 0 Å². The van der Waals surface area contributed by atoms with Crippen LogP contribution in [-0.2, 0) is 11.3 Å². The molecule has 0 unspecified atom stereocenters. The highest BCUT2D eigenvalue weighted by Gasteiger charge is 2.08. The summed E-state index contributed by atoms with van der Waals surface area (Å²) in [5.41, 5.74) is 7.27. The summed E-state index contributed by atoms with van der Waals surface area (Å²) in [5.74, 6) is 0.436. The van der Waals surface area contributed by atoms with Gasteiger partial charge in [-0.25, -0.2) is 15.0 Å². The van der Waals surface area contributed by atoms with Crippen molar-refractivity contribution in [2.75, 3.05) is 38.6 Å². The van der Waals surface area contributed by atoms with E-state index in [0.717, 1.165) is 51.5 Å². The fourth-order valence-electron chi connectivity index (χ4n) is 2.29. The summed E-state index contributed by atoms with van der Waals surface area (Å²) in [5, 5.41) is 0. The first-order chi connectivity index (χ1) is 10.3. The quantitative estimate of drug-likeness (QED) is 0.698.